The predicted octanol–water partition coefficient (Wildman–Crippen LogP) is 3.05. The molecule has 0 aliphatic carbocycles. The van der Waals surface area contributed by atoms with Crippen LogP contribution in [0.5, 0.6) is 0 Å². The number of hydrogen-bond donors (Lipinski definition) is 3. The van der Waals surface area contributed by atoms with Crippen molar-refractivity contribution in [2.45, 2.75) is 54.9 Å². The number of carbonyl (C=O) groups is 2. The number of rotatable bonds is 5. The molecule has 2 aromatic carbocycles. The van der Waals surface area contributed by atoms with E-state index in [0.717, 1.165) is 46.5 Å². The lowest BCUT2D eigenvalue weighted by atomic mass is 9.89. The highest BCUT2D eigenvalue weighted by atomic mass is 32.2. The SMILES string of the molecule is CSc1ccccc1[C@H]1CCCN1C(=O)C(=O)NCCc1ccc2c(c1)[C@H]1C[C@H](N2)[C@H](O)CO1. The second-order valence-electron chi connectivity index (χ2n) is 9.20. The number of carbonyl (C=O) groups excluding carboxylic acids is 2. The fraction of sp³-hybridized carbons (Fsp3) is 0.462. The van der Waals surface area contributed by atoms with Crippen LogP contribution < -0.4 is 10.6 Å². The summed E-state index contributed by atoms with van der Waals surface area (Å²) in [5.41, 5.74) is 4.29. The van der Waals surface area contributed by atoms with E-state index >= 15 is 0 Å². The normalized spacial score (nSPS) is 25.4. The first-order valence-corrected chi connectivity index (χ1v) is 13.2. The van der Waals surface area contributed by atoms with E-state index in [1.54, 1.807) is 16.7 Å². The highest BCUT2D eigenvalue weighted by Gasteiger charge is 2.36. The minimum atomic E-state index is -0.541. The Kier molecular flexibility index (Phi) is 6.81. The second-order valence-corrected chi connectivity index (χ2v) is 10.0. The summed E-state index contributed by atoms with van der Waals surface area (Å²) in [4.78, 5) is 28.5. The van der Waals surface area contributed by atoms with Gasteiger partial charge in [-0.05, 0) is 48.8 Å². The van der Waals surface area contributed by atoms with Crippen molar-refractivity contribution in [1.82, 2.24) is 10.2 Å². The first-order valence-electron chi connectivity index (χ1n) is 12.0. The zero-order valence-electron chi connectivity index (χ0n) is 19.3. The Morgan fingerprint density at radius 1 is 1.24 bits per heavy atom. The second kappa shape index (κ2) is 9.98. The van der Waals surface area contributed by atoms with Crippen LogP contribution in [-0.2, 0) is 20.7 Å². The molecule has 7 nitrogen and oxygen atoms in total. The van der Waals surface area contributed by atoms with Crippen LogP contribution >= 0.6 is 11.8 Å². The lowest BCUT2D eigenvalue weighted by Gasteiger charge is -2.40. The van der Waals surface area contributed by atoms with E-state index < -0.39 is 17.9 Å². The van der Waals surface area contributed by atoms with Crippen molar-refractivity contribution < 1.29 is 19.4 Å². The summed E-state index contributed by atoms with van der Waals surface area (Å²) in [5, 5.41) is 16.3. The van der Waals surface area contributed by atoms with E-state index in [-0.39, 0.29) is 18.2 Å². The fourth-order valence-electron chi connectivity index (χ4n) is 5.33. The number of likely N-dealkylation sites (tertiary alicyclic amines) is 1. The molecular formula is C26H31N3O4S. The Morgan fingerprint density at radius 3 is 2.94 bits per heavy atom. The molecule has 8 heteroatoms. The Balaban J connectivity index is 1.19. The summed E-state index contributed by atoms with van der Waals surface area (Å²) < 4.78 is 5.83. The number of nitrogens with one attached hydrogen (secondary N) is 2. The number of hydrogen-bond acceptors (Lipinski definition) is 6. The molecule has 0 spiro atoms. The highest BCUT2D eigenvalue weighted by Crippen LogP contribution is 2.40. The van der Waals surface area contributed by atoms with E-state index in [1.165, 1.54) is 0 Å². The van der Waals surface area contributed by atoms with Crippen LogP contribution in [0.15, 0.2) is 47.4 Å². The number of ether oxygens (including phenoxy) is 1. The van der Waals surface area contributed by atoms with Crippen molar-refractivity contribution in [2.75, 3.05) is 31.3 Å². The molecule has 3 aliphatic rings. The molecule has 2 fully saturated rings. The molecule has 5 rings (SSSR count). The largest absolute Gasteiger partial charge is 0.389 e. The standard InChI is InChI=1S/C26H31N3O4S/c1-34-24-7-3-2-5-17(24)21-6-4-12-29(21)26(32)25(31)27-11-10-16-8-9-19-18(13-16)23-14-20(28-19)22(30)15-33-23/h2-3,5,7-9,13,20-23,28,30H,4,6,10-12,14-15H2,1H3,(H,27,31)/t20-,21+,22+,23+/m0/s1. The van der Waals surface area contributed by atoms with Gasteiger partial charge in [0, 0.05) is 35.7 Å². The van der Waals surface area contributed by atoms with Crippen molar-refractivity contribution in [1.29, 1.82) is 0 Å². The van der Waals surface area contributed by atoms with Gasteiger partial charge in [-0.1, -0.05) is 30.3 Å². The molecule has 3 heterocycles. The van der Waals surface area contributed by atoms with E-state index in [2.05, 4.69) is 28.8 Å². The van der Waals surface area contributed by atoms with Crippen LogP contribution in [0.4, 0.5) is 5.69 Å². The maximum atomic E-state index is 13.0. The summed E-state index contributed by atoms with van der Waals surface area (Å²) in [6.45, 7) is 1.33. The third-order valence-electron chi connectivity index (χ3n) is 7.11. The van der Waals surface area contributed by atoms with E-state index in [4.69, 9.17) is 4.74 Å². The summed E-state index contributed by atoms with van der Waals surface area (Å²) in [7, 11) is 0. The highest BCUT2D eigenvalue weighted by molar-refractivity contribution is 7.98. The van der Waals surface area contributed by atoms with E-state index in [0.29, 0.717) is 26.1 Å². The molecule has 0 radical (unpaired) electrons. The number of fused-ring (bicyclic) bond motifs is 4. The zero-order chi connectivity index (χ0) is 23.7. The van der Waals surface area contributed by atoms with E-state index in [9.17, 15) is 14.7 Å². The molecule has 2 amide bonds. The quantitative estimate of drug-likeness (QED) is 0.449. The number of benzene rings is 2. The minimum absolute atomic E-state index is 0.0166. The molecule has 3 aliphatic heterocycles. The smallest absolute Gasteiger partial charge is 0.312 e. The van der Waals surface area contributed by atoms with Gasteiger partial charge in [-0.3, -0.25) is 9.59 Å². The monoisotopic (exact) mass is 481 g/mol. The number of thioether (sulfide) groups is 1. The van der Waals surface area contributed by atoms with Crippen LogP contribution in [0.3, 0.4) is 0 Å². The molecule has 2 bridgehead atoms. The van der Waals surface area contributed by atoms with Crippen molar-refractivity contribution in [3.8, 4) is 0 Å². The van der Waals surface area contributed by atoms with Gasteiger partial charge in [0.1, 0.15) is 0 Å². The number of anilines is 1. The average Bonchev–Trinajstić information content (AvgIpc) is 3.35. The third-order valence-corrected chi connectivity index (χ3v) is 7.92. The van der Waals surface area contributed by atoms with Gasteiger partial charge in [-0.15, -0.1) is 11.8 Å². The molecule has 34 heavy (non-hydrogen) atoms. The summed E-state index contributed by atoms with van der Waals surface area (Å²) in [5.74, 6) is -0.992. The van der Waals surface area contributed by atoms with Crippen LogP contribution in [0.25, 0.3) is 0 Å². The third kappa shape index (κ3) is 4.54. The maximum Gasteiger partial charge on any atom is 0.312 e. The molecule has 180 valence electrons. The number of aliphatic hydroxyl groups excluding tert-OH is 1. The molecule has 4 atom stereocenters. The summed E-state index contributed by atoms with van der Waals surface area (Å²) >= 11 is 1.67. The minimum Gasteiger partial charge on any atom is -0.389 e. The summed E-state index contributed by atoms with van der Waals surface area (Å²) in [6, 6.07) is 14.2. The maximum absolute atomic E-state index is 13.0. The predicted molar refractivity (Wildman–Crippen MR) is 132 cm³/mol. The molecule has 2 saturated heterocycles. The van der Waals surface area contributed by atoms with Gasteiger partial charge in [-0.2, -0.15) is 0 Å². The number of aliphatic hydroxyl groups is 1. The Morgan fingerprint density at radius 2 is 2.09 bits per heavy atom. The average molecular weight is 482 g/mol. The van der Waals surface area contributed by atoms with Gasteiger partial charge in [0.05, 0.1) is 30.9 Å². The van der Waals surface area contributed by atoms with Gasteiger partial charge in [0.25, 0.3) is 0 Å². The first kappa shape index (κ1) is 23.2. The molecule has 2 aromatic rings. The summed E-state index contributed by atoms with van der Waals surface area (Å²) in [6.07, 6.45) is 4.69. The van der Waals surface area contributed by atoms with Crippen LogP contribution in [0, 0.1) is 0 Å². The Labute approximate surface area is 204 Å². The van der Waals surface area contributed by atoms with Gasteiger partial charge >= 0.3 is 11.8 Å². The number of amides is 2. The molecule has 0 unspecified atom stereocenters. The fourth-order valence-corrected chi connectivity index (χ4v) is 5.98. The van der Waals surface area contributed by atoms with E-state index in [1.807, 2.05) is 30.5 Å². The van der Waals surface area contributed by atoms with Gasteiger partial charge < -0.3 is 25.4 Å². The molecular weight excluding hydrogens is 450 g/mol. The lowest BCUT2D eigenvalue weighted by molar-refractivity contribution is -0.146. The molecule has 0 aromatic heterocycles. The van der Waals surface area contributed by atoms with Crippen LogP contribution in [-0.4, -0.2) is 59.9 Å². The topological polar surface area (TPSA) is 90.9 Å². The van der Waals surface area contributed by atoms with Crippen molar-refractivity contribution >= 4 is 29.3 Å². The lowest BCUT2D eigenvalue weighted by Crippen LogP contribution is -2.46. The van der Waals surface area contributed by atoms with Crippen molar-refractivity contribution in [3.63, 3.8) is 0 Å². The Hall–Kier alpha value is -2.55. The van der Waals surface area contributed by atoms with Gasteiger partial charge in [0.2, 0.25) is 0 Å². The van der Waals surface area contributed by atoms with Gasteiger partial charge in [0.15, 0.2) is 0 Å². The molecule has 0 saturated carbocycles. The van der Waals surface area contributed by atoms with Crippen molar-refractivity contribution in [3.05, 3.63) is 59.2 Å². The van der Waals surface area contributed by atoms with Crippen LogP contribution in [0.2, 0.25) is 0 Å². The zero-order valence-corrected chi connectivity index (χ0v) is 20.1. The van der Waals surface area contributed by atoms with Crippen molar-refractivity contribution in [2.24, 2.45) is 0 Å². The molecule has 3 N–H and O–H groups in total. The van der Waals surface area contributed by atoms with Crippen LogP contribution in [0.1, 0.15) is 48.1 Å². The van der Waals surface area contributed by atoms with Gasteiger partial charge in [-0.25, -0.2) is 0 Å². The Bertz CT molecular complexity index is 1080. The first-order chi connectivity index (χ1) is 16.5. The number of nitrogens with zero attached hydrogens (tertiary/aromatic N) is 1.